The molecule has 16 heavy (non-hydrogen) atoms. The van der Waals surface area contributed by atoms with Crippen LogP contribution in [0, 0.1) is 0 Å². The molecule has 1 heterocycles. The van der Waals surface area contributed by atoms with E-state index in [9.17, 15) is 0 Å². The molecule has 1 unspecified atom stereocenters. The molecule has 4 nitrogen and oxygen atoms in total. The number of furan rings is 1. The third kappa shape index (κ3) is 4.63. The lowest BCUT2D eigenvalue weighted by molar-refractivity contribution is 0.195. The summed E-state index contributed by atoms with van der Waals surface area (Å²) in [6.45, 7) is 3.55. The van der Waals surface area contributed by atoms with Crippen LogP contribution >= 0.6 is 12.2 Å². The van der Waals surface area contributed by atoms with Gasteiger partial charge in [-0.15, -0.1) is 0 Å². The van der Waals surface area contributed by atoms with Crippen molar-refractivity contribution in [1.29, 1.82) is 0 Å². The third-order valence-electron chi connectivity index (χ3n) is 2.13. The van der Waals surface area contributed by atoms with Crippen molar-refractivity contribution < 1.29 is 9.15 Å². The molecule has 1 aromatic rings. The zero-order valence-electron chi connectivity index (χ0n) is 9.66. The molecule has 90 valence electrons. The predicted molar refractivity (Wildman–Crippen MR) is 67.4 cm³/mol. The molecule has 0 amide bonds. The fourth-order valence-electron chi connectivity index (χ4n) is 1.27. The van der Waals surface area contributed by atoms with Crippen molar-refractivity contribution in [3.63, 3.8) is 0 Å². The molecule has 1 aromatic heterocycles. The lowest BCUT2D eigenvalue weighted by atomic mass is 10.2. The molecule has 0 fully saturated rings. The highest BCUT2D eigenvalue weighted by Gasteiger charge is 2.08. The van der Waals surface area contributed by atoms with Crippen molar-refractivity contribution in [2.45, 2.75) is 19.4 Å². The van der Waals surface area contributed by atoms with E-state index >= 15 is 0 Å². The summed E-state index contributed by atoms with van der Waals surface area (Å²) in [7, 11) is 1.69. The molecule has 0 aliphatic rings. The van der Waals surface area contributed by atoms with Crippen molar-refractivity contribution in [3.05, 3.63) is 24.2 Å². The van der Waals surface area contributed by atoms with E-state index in [0.29, 0.717) is 5.11 Å². The maximum atomic E-state index is 5.27. The third-order valence-corrected chi connectivity index (χ3v) is 2.39. The van der Waals surface area contributed by atoms with Crippen LogP contribution in [0.5, 0.6) is 0 Å². The Morgan fingerprint density at radius 2 is 2.44 bits per heavy atom. The van der Waals surface area contributed by atoms with Gasteiger partial charge < -0.3 is 19.8 Å². The summed E-state index contributed by atoms with van der Waals surface area (Å²) in [6, 6.07) is 3.87. The number of hydrogen-bond acceptors (Lipinski definition) is 3. The quantitative estimate of drug-likeness (QED) is 0.589. The highest BCUT2D eigenvalue weighted by atomic mass is 32.1. The maximum absolute atomic E-state index is 5.27. The minimum Gasteiger partial charge on any atom is -0.467 e. The van der Waals surface area contributed by atoms with E-state index in [1.54, 1.807) is 13.4 Å². The number of rotatable bonds is 6. The van der Waals surface area contributed by atoms with Gasteiger partial charge in [0.15, 0.2) is 5.11 Å². The molecule has 5 heteroatoms. The molecule has 0 aromatic carbocycles. The Bertz CT molecular complexity index is 301. The van der Waals surface area contributed by atoms with Crippen LogP contribution in [-0.4, -0.2) is 25.4 Å². The van der Waals surface area contributed by atoms with Crippen LogP contribution in [0.25, 0.3) is 0 Å². The molecule has 0 spiro atoms. The van der Waals surface area contributed by atoms with E-state index in [-0.39, 0.29) is 6.04 Å². The SMILES string of the molecule is COCCCNC(=S)NC(C)c1ccco1. The van der Waals surface area contributed by atoms with Gasteiger partial charge >= 0.3 is 0 Å². The first-order chi connectivity index (χ1) is 7.74. The number of ether oxygens (including phenoxy) is 1. The number of hydrogen-bond donors (Lipinski definition) is 2. The van der Waals surface area contributed by atoms with Gasteiger partial charge in [-0.25, -0.2) is 0 Å². The second-order valence-corrected chi connectivity index (χ2v) is 3.89. The molecule has 0 aliphatic heterocycles. The van der Waals surface area contributed by atoms with Gasteiger partial charge in [-0.1, -0.05) is 0 Å². The minimum absolute atomic E-state index is 0.0809. The Labute approximate surface area is 101 Å². The highest BCUT2D eigenvalue weighted by Crippen LogP contribution is 2.11. The molecule has 0 saturated carbocycles. The predicted octanol–water partition coefficient (Wildman–Crippen LogP) is 1.84. The first kappa shape index (κ1) is 13.0. The van der Waals surface area contributed by atoms with Gasteiger partial charge in [0.25, 0.3) is 0 Å². The van der Waals surface area contributed by atoms with Crippen molar-refractivity contribution in [2.24, 2.45) is 0 Å². The molecule has 2 N–H and O–H groups in total. The van der Waals surface area contributed by atoms with E-state index in [1.807, 2.05) is 19.1 Å². The van der Waals surface area contributed by atoms with Crippen molar-refractivity contribution in [2.75, 3.05) is 20.3 Å². The van der Waals surface area contributed by atoms with Crippen LogP contribution in [0.15, 0.2) is 22.8 Å². The van der Waals surface area contributed by atoms with E-state index < -0.39 is 0 Å². The van der Waals surface area contributed by atoms with Crippen LogP contribution in [-0.2, 0) is 4.74 Å². The highest BCUT2D eigenvalue weighted by molar-refractivity contribution is 7.80. The summed E-state index contributed by atoms with van der Waals surface area (Å²) >= 11 is 5.15. The van der Waals surface area contributed by atoms with Gasteiger partial charge in [-0.3, -0.25) is 0 Å². The lowest BCUT2D eigenvalue weighted by Gasteiger charge is -2.14. The normalized spacial score (nSPS) is 12.1. The van der Waals surface area contributed by atoms with Crippen molar-refractivity contribution >= 4 is 17.3 Å². The number of thiocarbonyl (C=S) groups is 1. The van der Waals surface area contributed by atoms with E-state index in [1.165, 1.54) is 0 Å². The largest absolute Gasteiger partial charge is 0.467 e. The molecular formula is C11H18N2O2S. The molecule has 1 rings (SSSR count). The molecule has 1 atom stereocenters. The summed E-state index contributed by atoms with van der Waals surface area (Å²) < 4.78 is 10.2. The average molecular weight is 242 g/mol. The summed E-state index contributed by atoms with van der Waals surface area (Å²) in [6.07, 6.45) is 2.59. The summed E-state index contributed by atoms with van der Waals surface area (Å²) in [5, 5.41) is 6.89. The first-order valence-electron chi connectivity index (χ1n) is 5.30. The van der Waals surface area contributed by atoms with E-state index in [4.69, 9.17) is 21.4 Å². The molecule has 0 saturated heterocycles. The zero-order valence-corrected chi connectivity index (χ0v) is 10.5. The second-order valence-electron chi connectivity index (χ2n) is 3.48. The smallest absolute Gasteiger partial charge is 0.166 e. The Kier molecular flexibility index (Phi) is 5.88. The number of methoxy groups -OCH3 is 1. The molecule has 0 bridgehead atoms. The van der Waals surface area contributed by atoms with E-state index in [2.05, 4.69) is 10.6 Å². The number of nitrogens with one attached hydrogen (secondary N) is 2. The topological polar surface area (TPSA) is 46.4 Å². The Morgan fingerprint density at radius 1 is 1.62 bits per heavy atom. The minimum atomic E-state index is 0.0809. The van der Waals surface area contributed by atoms with Gasteiger partial charge in [0, 0.05) is 20.3 Å². The fourth-order valence-corrected chi connectivity index (χ4v) is 1.55. The van der Waals surface area contributed by atoms with Gasteiger partial charge in [0.1, 0.15) is 5.76 Å². The summed E-state index contributed by atoms with van der Waals surface area (Å²) in [5.41, 5.74) is 0. The monoisotopic (exact) mass is 242 g/mol. The standard InChI is InChI=1S/C11H18N2O2S/c1-9(10-5-3-8-15-10)13-11(16)12-6-4-7-14-2/h3,5,8-9H,4,6-7H2,1-2H3,(H2,12,13,16). The van der Waals surface area contributed by atoms with Crippen LogP contribution in [0.2, 0.25) is 0 Å². The second kappa shape index (κ2) is 7.24. The molecule has 0 aliphatic carbocycles. The van der Waals surface area contributed by atoms with Gasteiger partial charge in [0.2, 0.25) is 0 Å². The van der Waals surface area contributed by atoms with Crippen LogP contribution in [0.3, 0.4) is 0 Å². The van der Waals surface area contributed by atoms with Crippen molar-refractivity contribution in [3.8, 4) is 0 Å². The zero-order chi connectivity index (χ0) is 11.8. The van der Waals surface area contributed by atoms with Crippen molar-refractivity contribution in [1.82, 2.24) is 10.6 Å². The Morgan fingerprint density at radius 3 is 3.06 bits per heavy atom. The molecule has 0 radical (unpaired) electrons. The summed E-state index contributed by atoms with van der Waals surface area (Å²) in [4.78, 5) is 0. The van der Waals surface area contributed by atoms with Crippen LogP contribution in [0.1, 0.15) is 25.1 Å². The van der Waals surface area contributed by atoms with Crippen LogP contribution in [0.4, 0.5) is 0 Å². The first-order valence-corrected chi connectivity index (χ1v) is 5.71. The van der Waals surface area contributed by atoms with Gasteiger partial charge in [-0.2, -0.15) is 0 Å². The van der Waals surface area contributed by atoms with Gasteiger partial charge in [0.05, 0.1) is 12.3 Å². The Balaban J connectivity index is 2.19. The lowest BCUT2D eigenvalue weighted by Crippen LogP contribution is -2.37. The molecular weight excluding hydrogens is 224 g/mol. The Hall–Kier alpha value is -1.07. The van der Waals surface area contributed by atoms with Crippen LogP contribution < -0.4 is 10.6 Å². The summed E-state index contributed by atoms with van der Waals surface area (Å²) in [5.74, 6) is 0.876. The maximum Gasteiger partial charge on any atom is 0.166 e. The average Bonchev–Trinajstić information content (AvgIpc) is 2.77. The van der Waals surface area contributed by atoms with Gasteiger partial charge in [-0.05, 0) is 37.7 Å². The fraction of sp³-hybridized carbons (Fsp3) is 0.545. The van der Waals surface area contributed by atoms with E-state index in [0.717, 1.165) is 25.3 Å².